The van der Waals surface area contributed by atoms with Gasteiger partial charge in [-0.25, -0.2) is 8.42 Å². The van der Waals surface area contributed by atoms with Crippen molar-refractivity contribution in [3.63, 3.8) is 0 Å². The van der Waals surface area contributed by atoms with Gasteiger partial charge < -0.3 is 0 Å². The quantitative estimate of drug-likeness (QED) is 0.675. The average molecular weight is 460 g/mol. The van der Waals surface area contributed by atoms with Crippen LogP contribution < -0.4 is 4.72 Å². The number of rotatable bonds is 3. The van der Waals surface area contributed by atoms with Crippen molar-refractivity contribution in [1.29, 1.82) is 0 Å². The van der Waals surface area contributed by atoms with Crippen LogP contribution in [-0.2, 0) is 10.0 Å². The summed E-state index contributed by atoms with van der Waals surface area (Å²) < 4.78 is 28.5. The van der Waals surface area contributed by atoms with E-state index >= 15 is 0 Å². The number of anilines is 1. The van der Waals surface area contributed by atoms with Gasteiger partial charge in [-0.3, -0.25) is 4.72 Å². The second-order valence-corrected chi connectivity index (χ2v) is 8.08. The first-order valence-electron chi connectivity index (χ1n) is 5.22. The van der Waals surface area contributed by atoms with Gasteiger partial charge in [-0.2, -0.15) is 0 Å². The first-order chi connectivity index (χ1) is 9.29. The van der Waals surface area contributed by atoms with Crippen LogP contribution in [0.15, 0.2) is 50.2 Å². The van der Waals surface area contributed by atoms with Crippen LogP contribution in [0, 0.1) is 0 Å². The van der Waals surface area contributed by atoms with Crippen molar-refractivity contribution in [3.05, 3.63) is 55.4 Å². The second-order valence-electron chi connectivity index (χ2n) is 3.81. The van der Waals surface area contributed by atoms with E-state index in [1.54, 1.807) is 24.3 Å². The molecule has 0 bridgehead atoms. The molecule has 2 aromatic rings. The fraction of sp³-hybridized carbons (Fsp3) is 0. The Morgan fingerprint density at radius 2 is 1.40 bits per heavy atom. The molecule has 0 aliphatic carbocycles. The van der Waals surface area contributed by atoms with Gasteiger partial charge in [0, 0.05) is 14.6 Å². The fourth-order valence-corrected chi connectivity index (χ4v) is 4.77. The van der Waals surface area contributed by atoms with Crippen molar-refractivity contribution in [1.82, 2.24) is 0 Å². The molecule has 0 saturated heterocycles. The van der Waals surface area contributed by atoms with E-state index in [4.69, 9.17) is 23.2 Å². The van der Waals surface area contributed by atoms with Gasteiger partial charge in [0.1, 0.15) is 4.90 Å². The molecule has 0 saturated carbocycles. The van der Waals surface area contributed by atoms with Gasteiger partial charge in [0.15, 0.2) is 0 Å². The molecule has 3 nitrogen and oxygen atoms in total. The van der Waals surface area contributed by atoms with Crippen molar-refractivity contribution in [2.24, 2.45) is 0 Å². The van der Waals surface area contributed by atoms with E-state index in [1.807, 2.05) is 0 Å². The van der Waals surface area contributed by atoms with Gasteiger partial charge in [-0.1, -0.05) is 55.1 Å². The Morgan fingerprint density at radius 3 is 1.90 bits per heavy atom. The lowest BCUT2D eigenvalue weighted by molar-refractivity contribution is 0.601. The molecule has 20 heavy (non-hydrogen) atoms. The van der Waals surface area contributed by atoms with Crippen LogP contribution in [0.25, 0.3) is 0 Å². The maximum absolute atomic E-state index is 12.3. The molecule has 0 spiro atoms. The molecule has 0 aliphatic heterocycles. The molecule has 0 unspecified atom stereocenters. The van der Waals surface area contributed by atoms with Crippen LogP contribution in [0.5, 0.6) is 0 Å². The zero-order valence-electron chi connectivity index (χ0n) is 9.70. The number of benzene rings is 2. The SMILES string of the molecule is O=S(=O)(Nc1ccc(Br)cc1)c1c(Cl)cc(Br)cc1Cl. The lowest BCUT2D eigenvalue weighted by atomic mass is 10.3. The average Bonchev–Trinajstić information content (AvgIpc) is 2.30. The van der Waals surface area contributed by atoms with E-state index in [1.165, 1.54) is 12.1 Å². The Labute approximate surface area is 143 Å². The molecule has 0 heterocycles. The van der Waals surface area contributed by atoms with Crippen molar-refractivity contribution in [3.8, 4) is 0 Å². The summed E-state index contributed by atoms with van der Waals surface area (Å²) in [5, 5.41) is 0.1000. The normalized spacial score (nSPS) is 11.4. The third-order valence-corrected chi connectivity index (χ3v) is 5.62. The molecule has 106 valence electrons. The van der Waals surface area contributed by atoms with Gasteiger partial charge in [-0.05, 0) is 36.4 Å². The fourth-order valence-electron chi connectivity index (χ4n) is 1.51. The topological polar surface area (TPSA) is 46.2 Å². The highest BCUT2D eigenvalue weighted by atomic mass is 79.9. The van der Waals surface area contributed by atoms with E-state index in [0.717, 1.165) is 4.47 Å². The van der Waals surface area contributed by atoms with Crippen molar-refractivity contribution < 1.29 is 8.42 Å². The zero-order valence-corrected chi connectivity index (χ0v) is 15.2. The lowest BCUT2D eigenvalue weighted by Gasteiger charge is -2.11. The molecule has 0 aliphatic rings. The van der Waals surface area contributed by atoms with Crippen LogP contribution in [-0.4, -0.2) is 8.42 Å². The first-order valence-corrected chi connectivity index (χ1v) is 9.05. The van der Waals surface area contributed by atoms with Crippen LogP contribution in [0.1, 0.15) is 0 Å². The highest BCUT2D eigenvalue weighted by molar-refractivity contribution is 9.10. The molecule has 2 aromatic carbocycles. The Bertz CT molecular complexity index is 726. The summed E-state index contributed by atoms with van der Waals surface area (Å²) in [6.07, 6.45) is 0. The molecule has 2 rings (SSSR count). The third-order valence-electron chi connectivity index (χ3n) is 2.33. The predicted octanol–water partition coefficient (Wildman–Crippen LogP) is 5.32. The summed E-state index contributed by atoms with van der Waals surface area (Å²) in [7, 11) is -3.85. The molecule has 0 fully saturated rings. The molecular weight excluding hydrogens is 453 g/mol. The van der Waals surface area contributed by atoms with Gasteiger partial charge in [0.2, 0.25) is 0 Å². The van der Waals surface area contributed by atoms with Crippen LogP contribution >= 0.6 is 55.1 Å². The van der Waals surface area contributed by atoms with Crippen molar-refractivity contribution in [2.45, 2.75) is 4.90 Å². The number of hydrogen-bond acceptors (Lipinski definition) is 2. The van der Waals surface area contributed by atoms with Crippen LogP contribution in [0.3, 0.4) is 0 Å². The predicted molar refractivity (Wildman–Crippen MR) is 89.1 cm³/mol. The van der Waals surface area contributed by atoms with Gasteiger partial charge in [0.25, 0.3) is 10.0 Å². The summed E-state index contributed by atoms with van der Waals surface area (Å²) in [4.78, 5) is -0.146. The highest BCUT2D eigenvalue weighted by Crippen LogP contribution is 2.34. The molecule has 0 atom stereocenters. The minimum absolute atomic E-state index is 0.0500. The van der Waals surface area contributed by atoms with Crippen LogP contribution in [0.4, 0.5) is 5.69 Å². The number of sulfonamides is 1. The Hall–Kier alpha value is -0.270. The number of hydrogen-bond donors (Lipinski definition) is 1. The van der Waals surface area contributed by atoms with E-state index in [-0.39, 0.29) is 14.9 Å². The minimum atomic E-state index is -3.85. The third kappa shape index (κ3) is 3.68. The minimum Gasteiger partial charge on any atom is -0.280 e. The first kappa shape index (κ1) is 16.1. The molecule has 8 heteroatoms. The smallest absolute Gasteiger partial charge is 0.264 e. The monoisotopic (exact) mass is 457 g/mol. The summed E-state index contributed by atoms with van der Waals surface area (Å²) >= 11 is 18.4. The van der Waals surface area contributed by atoms with Gasteiger partial charge in [0.05, 0.1) is 10.0 Å². The van der Waals surface area contributed by atoms with Crippen molar-refractivity contribution >= 4 is 70.8 Å². The van der Waals surface area contributed by atoms with Gasteiger partial charge in [-0.15, -0.1) is 0 Å². The Kier molecular flexibility index (Phi) is 5.02. The summed E-state index contributed by atoms with van der Waals surface area (Å²) in [6.45, 7) is 0. The standard InChI is InChI=1S/C12H7Br2Cl2NO2S/c13-7-1-3-9(4-2-7)17-20(18,19)12-10(15)5-8(14)6-11(12)16/h1-6,17H. The molecule has 1 N–H and O–H groups in total. The van der Waals surface area contributed by atoms with Crippen LogP contribution in [0.2, 0.25) is 10.0 Å². The molecular formula is C12H7Br2Cl2NO2S. The Morgan fingerprint density at radius 1 is 0.900 bits per heavy atom. The van der Waals surface area contributed by atoms with E-state index in [9.17, 15) is 8.42 Å². The Balaban J connectivity index is 2.43. The second kappa shape index (κ2) is 6.23. The summed E-state index contributed by atoms with van der Waals surface area (Å²) in [5.41, 5.74) is 0.420. The molecule has 0 radical (unpaired) electrons. The molecule has 0 aromatic heterocycles. The number of nitrogens with one attached hydrogen (secondary N) is 1. The largest absolute Gasteiger partial charge is 0.280 e. The highest BCUT2D eigenvalue weighted by Gasteiger charge is 2.22. The van der Waals surface area contributed by atoms with E-state index < -0.39 is 10.0 Å². The maximum Gasteiger partial charge on any atom is 0.264 e. The maximum atomic E-state index is 12.3. The number of halogens is 4. The van der Waals surface area contributed by atoms with E-state index in [0.29, 0.717) is 10.2 Å². The molecule has 0 amide bonds. The zero-order chi connectivity index (χ0) is 14.9. The summed E-state index contributed by atoms with van der Waals surface area (Å²) in [5.74, 6) is 0. The van der Waals surface area contributed by atoms with E-state index in [2.05, 4.69) is 36.6 Å². The summed E-state index contributed by atoms with van der Waals surface area (Å²) in [6, 6.07) is 9.66. The van der Waals surface area contributed by atoms with Gasteiger partial charge >= 0.3 is 0 Å². The van der Waals surface area contributed by atoms with Crippen molar-refractivity contribution in [2.75, 3.05) is 4.72 Å². The lowest BCUT2D eigenvalue weighted by Crippen LogP contribution is -2.14.